The van der Waals surface area contributed by atoms with E-state index in [2.05, 4.69) is 37.6 Å². The van der Waals surface area contributed by atoms with E-state index in [1.807, 2.05) is 50.1 Å². The van der Waals surface area contributed by atoms with Crippen LogP contribution in [0.4, 0.5) is 10.7 Å². The highest BCUT2D eigenvalue weighted by Gasteiger charge is 2.15. The number of anilines is 1. The Hall–Kier alpha value is -3.14. The monoisotopic (exact) mass is 429 g/mol. The number of hydrogen-bond donors (Lipinski definition) is 3. The fraction of sp³-hybridized carbons (Fsp3) is 0.524. The van der Waals surface area contributed by atoms with Crippen LogP contribution in [0.2, 0.25) is 0 Å². The molecule has 0 bridgehead atoms. The molecule has 168 valence electrons. The smallest absolute Gasteiger partial charge is 0.407 e. The highest BCUT2D eigenvalue weighted by atomic mass is 16.6. The van der Waals surface area contributed by atoms with Crippen molar-refractivity contribution in [2.45, 2.75) is 46.3 Å². The summed E-state index contributed by atoms with van der Waals surface area (Å²) in [6.07, 6.45) is 6.25. The maximum atomic E-state index is 11.6. The minimum Gasteiger partial charge on any atom is -0.444 e. The summed E-state index contributed by atoms with van der Waals surface area (Å²) in [5.41, 5.74) is 2.03. The van der Waals surface area contributed by atoms with E-state index >= 15 is 0 Å². The van der Waals surface area contributed by atoms with Crippen molar-refractivity contribution in [2.24, 2.45) is 0 Å². The fourth-order valence-corrected chi connectivity index (χ4v) is 2.95. The van der Waals surface area contributed by atoms with E-state index in [0.29, 0.717) is 32.3 Å². The van der Waals surface area contributed by atoms with Gasteiger partial charge in [0.1, 0.15) is 11.2 Å². The van der Waals surface area contributed by atoms with Gasteiger partial charge in [-0.25, -0.2) is 9.78 Å². The Morgan fingerprint density at radius 2 is 2.03 bits per heavy atom. The SMILES string of the molecule is CCCn1cc(-c2nc(NCCOCCNC(=O)OC(C)(C)C)nc3[nH]ccc23)cn1. The molecular formula is C21H31N7O3. The highest BCUT2D eigenvalue weighted by molar-refractivity contribution is 5.91. The summed E-state index contributed by atoms with van der Waals surface area (Å²) >= 11 is 0. The summed E-state index contributed by atoms with van der Waals surface area (Å²) in [5.74, 6) is 0.517. The summed E-state index contributed by atoms with van der Waals surface area (Å²) < 4.78 is 12.6. The molecule has 3 N–H and O–H groups in total. The van der Waals surface area contributed by atoms with E-state index < -0.39 is 11.7 Å². The quantitative estimate of drug-likeness (QED) is 0.424. The molecule has 0 saturated carbocycles. The predicted molar refractivity (Wildman–Crippen MR) is 119 cm³/mol. The lowest BCUT2D eigenvalue weighted by Gasteiger charge is -2.19. The third-order valence-electron chi connectivity index (χ3n) is 4.22. The van der Waals surface area contributed by atoms with Gasteiger partial charge in [0.2, 0.25) is 5.95 Å². The second-order valence-electron chi connectivity index (χ2n) is 8.10. The average Bonchev–Trinajstić information content (AvgIpc) is 3.35. The van der Waals surface area contributed by atoms with Crippen LogP contribution in [-0.2, 0) is 16.0 Å². The molecule has 10 heteroatoms. The van der Waals surface area contributed by atoms with E-state index in [0.717, 1.165) is 35.3 Å². The van der Waals surface area contributed by atoms with Crippen molar-refractivity contribution in [3.63, 3.8) is 0 Å². The number of aromatic amines is 1. The number of nitrogens with zero attached hydrogens (tertiary/aromatic N) is 4. The number of carbonyl (C=O) groups excluding carboxylic acids is 1. The minimum absolute atomic E-state index is 0.381. The van der Waals surface area contributed by atoms with Crippen LogP contribution in [0.3, 0.4) is 0 Å². The number of nitrogens with one attached hydrogen (secondary N) is 3. The number of hydrogen-bond acceptors (Lipinski definition) is 7. The Morgan fingerprint density at radius 1 is 1.23 bits per heavy atom. The van der Waals surface area contributed by atoms with E-state index in [1.54, 1.807) is 0 Å². The van der Waals surface area contributed by atoms with Crippen LogP contribution in [0.1, 0.15) is 34.1 Å². The number of carbonyl (C=O) groups is 1. The topological polar surface area (TPSA) is 119 Å². The molecule has 0 atom stereocenters. The molecule has 10 nitrogen and oxygen atoms in total. The lowest BCUT2D eigenvalue weighted by atomic mass is 10.2. The molecule has 0 saturated heterocycles. The highest BCUT2D eigenvalue weighted by Crippen LogP contribution is 2.26. The molecule has 0 unspecified atom stereocenters. The number of rotatable bonds is 10. The Bertz CT molecular complexity index is 990. The molecule has 3 aromatic heterocycles. The number of alkyl carbamates (subject to hydrolysis) is 1. The van der Waals surface area contributed by atoms with E-state index in [9.17, 15) is 4.79 Å². The van der Waals surface area contributed by atoms with Crippen LogP contribution in [0.25, 0.3) is 22.3 Å². The van der Waals surface area contributed by atoms with Crippen molar-refractivity contribution in [2.75, 3.05) is 31.6 Å². The predicted octanol–water partition coefficient (Wildman–Crippen LogP) is 3.18. The Balaban J connectivity index is 1.49. The van der Waals surface area contributed by atoms with E-state index in [-0.39, 0.29) is 0 Å². The lowest BCUT2D eigenvalue weighted by Crippen LogP contribution is -2.34. The lowest BCUT2D eigenvalue weighted by molar-refractivity contribution is 0.0502. The molecular weight excluding hydrogens is 398 g/mol. The molecule has 0 aliphatic carbocycles. The number of aromatic nitrogens is 5. The van der Waals surface area contributed by atoms with Gasteiger partial charge >= 0.3 is 6.09 Å². The number of amides is 1. The van der Waals surface area contributed by atoms with Gasteiger partial charge in [-0.3, -0.25) is 4.68 Å². The maximum absolute atomic E-state index is 11.6. The zero-order chi connectivity index (χ0) is 22.3. The van der Waals surface area contributed by atoms with Crippen LogP contribution < -0.4 is 10.6 Å². The summed E-state index contributed by atoms with van der Waals surface area (Å²) in [6.45, 7) is 10.2. The Kier molecular flexibility index (Phi) is 7.45. The van der Waals surface area contributed by atoms with Crippen LogP contribution in [-0.4, -0.2) is 62.7 Å². The molecule has 0 aromatic carbocycles. The molecule has 0 aliphatic rings. The zero-order valence-electron chi connectivity index (χ0n) is 18.6. The van der Waals surface area contributed by atoms with Gasteiger partial charge < -0.3 is 25.1 Å². The molecule has 31 heavy (non-hydrogen) atoms. The van der Waals surface area contributed by atoms with Gasteiger partial charge in [-0.2, -0.15) is 10.1 Å². The molecule has 0 fully saturated rings. The van der Waals surface area contributed by atoms with Gasteiger partial charge in [0.15, 0.2) is 0 Å². The van der Waals surface area contributed by atoms with Gasteiger partial charge in [0.25, 0.3) is 0 Å². The molecule has 3 aromatic rings. The second kappa shape index (κ2) is 10.3. The second-order valence-corrected chi connectivity index (χ2v) is 8.10. The maximum Gasteiger partial charge on any atom is 0.407 e. The summed E-state index contributed by atoms with van der Waals surface area (Å²) in [5, 5.41) is 11.2. The van der Waals surface area contributed by atoms with Crippen molar-refractivity contribution in [1.29, 1.82) is 0 Å². The van der Waals surface area contributed by atoms with Gasteiger partial charge in [-0.15, -0.1) is 0 Å². The molecule has 3 rings (SSSR count). The average molecular weight is 430 g/mol. The fourth-order valence-electron chi connectivity index (χ4n) is 2.95. The number of ether oxygens (including phenoxy) is 2. The van der Waals surface area contributed by atoms with Crippen molar-refractivity contribution < 1.29 is 14.3 Å². The van der Waals surface area contributed by atoms with Gasteiger partial charge in [-0.05, 0) is 33.3 Å². The molecule has 1 amide bonds. The third kappa shape index (κ3) is 6.68. The first-order valence-corrected chi connectivity index (χ1v) is 10.5. The number of H-pyrrole nitrogens is 1. The molecule has 0 radical (unpaired) electrons. The summed E-state index contributed by atoms with van der Waals surface area (Å²) in [6, 6.07) is 1.96. The first-order chi connectivity index (χ1) is 14.9. The first-order valence-electron chi connectivity index (χ1n) is 10.5. The Morgan fingerprint density at radius 3 is 2.81 bits per heavy atom. The van der Waals surface area contributed by atoms with Crippen molar-refractivity contribution in [3.8, 4) is 11.3 Å². The summed E-state index contributed by atoms with van der Waals surface area (Å²) in [4.78, 5) is 23.9. The van der Waals surface area contributed by atoms with Crippen LogP contribution in [0, 0.1) is 0 Å². The third-order valence-corrected chi connectivity index (χ3v) is 4.22. The van der Waals surface area contributed by atoms with Gasteiger partial charge in [-0.1, -0.05) is 6.92 Å². The van der Waals surface area contributed by atoms with Crippen LogP contribution in [0.5, 0.6) is 0 Å². The van der Waals surface area contributed by atoms with E-state index in [1.165, 1.54) is 0 Å². The van der Waals surface area contributed by atoms with Crippen LogP contribution in [0.15, 0.2) is 24.7 Å². The Labute approximate surface area is 181 Å². The standard InChI is InChI=1S/C21H31N7O3/c1-5-10-28-14-15(13-25-28)17-16-6-7-22-18(16)27-19(26-17)23-8-11-30-12-9-24-20(29)31-21(2,3)4/h6-7,13-14H,5,8-12H2,1-4H3,(H,24,29)(H2,22,23,26,27). The number of fused-ring (bicyclic) bond motifs is 1. The minimum atomic E-state index is -0.511. The molecule has 0 spiro atoms. The first kappa shape index (κ1) is 22.5. The summed E-state index contributed by atoms with van der Waals surface area (Å²) in [7, 11) is 0. The molecule has 3 heterocycles. The van der Waals surface area contributed by atoms with Crippen molar-refractivity contribution in [3.05, 3.63) is 24.7 Å². The van der Waals surface area contributed by atoms with Crippen LogP contribution >= 0.6 is 0 Å². The molecule has 0 aliphatic heterocycles. The number of aryl methyl sites for hydroxylation is 1. The largest absolute Gasteiger partial charge is 0.444 e. The zero-order valence-corrected chi connectivity index (χ0v) is 18.6. The normalized spacial score (nSPS) is 11.6. The van der Waals surface area contributed by atoms with E-state index in [4.69, 9.17) is 9.47 Å². The van der Waals surface area contributed by atoms with Crippen molar-refractivity contribution in [1.82, 2.24) is 30.0 Å². The van der Waals surface area contributed by atoms with Crippen molar-refractivity contribution >= 4 is 23.1 Å². The van der Waals surface area contributed by atoms with Gasteiger partial charge in [0.05, 0.1) is 25.1 Å². The van der Waals surface area contributed by atoms with Gasteiger partial charge in [0, 0.05) is 43.0 Å².